The number of ketones is 1. The molecule has 2 heterocycles. The quantitative estimate of drug-likeness (QED) is 0.361. The Labute approximate surface area is 190 Å². The molecule has 3 nitrogen and oxygen atoms in total. The van der Waals surface area contributed by atoms with E-state index in [1.165, 1.54) is 45.1 Å². The maximum Gasteiger partial charge on any atom is 0.152 e. The predicted molar refractivity (Wildman–Crippen MR) is 121 cm³/mol. The second-order valence-corrected chi connectivity index (χ2v) is 9.40. The van der Waals surface area contributed by atoms with Gasteiger partial charge in [0.05, 0.1) is 6.04 Å². The van der Waals surface area contributed by atoms with Gasteiger partial charge >= 0.3 is 0 Å². The number of rotatable bonds is 5. The van der Waals surface area contributed by atoms with E-state index in [0.29, 0.717) is 17.6 Å². The molecule has 2 atom stereocenters. The Morgan fingerprint density at radius 1 is 1.18 bits per heavy atom. The molecule has 4 rings (SSSR count). The highest BCUT2D eigenvalue weighted by atomic mass is 19.1. The third kappa shape index (κ3) is 4.60. The van der Waals surface area contributed by atoms with Gasteiger partial charge in [-0.05, 0) is 81.7 Å². The smallest absolute Gasteiger partial charge is 0.152 e. The van der Waals surface area contributed by atoms with Crippen molar-refractivity contribution < 1.29 is 22.4 Å². The van der Waals surface area contributed by atoms with Gasteiger partial charge in [0.15, 0.2) is 5.78 Å². The van der Waals surface area contributed by atoms with Crippen molar-refractivity contribution in [3.63, 3.8) is 0 Å². The van der Waals surface area contributed by atoms with Crippen molar-refractivity contribution in [2.24, 2.45) is 0 Å². The number of alkyl halides is 1. The molecule has 1 aromatic heterocycles. The van der Waals surface area contributed by atoms with Crippen molar-refractivity contribution >= 4 is 22.8 Å². The predicted octanol–water partition coefficient (Wildman–Crippen LogP) is 6.27. The zero-order valence-corrected chi connectivity index (χ0v) is 19.0. The van der Waals surface area contributed by atoms with Crippen LogP contribution in [-0.4, -0.2) is 33.9 Å². The maximum absolute atomic E-state index is 15.4. The lowest BCUT2D eigenvalue weighted by atomic mass is 9.87. The van der Waals surface area contributed by atoms with Crippen molar-refractivity contribution in [3.8, 4) is 0 Å². The van der Waals surface area contributed by atoms with Crippen molar-refractivity contribution in [1.29, 1.82) is 0 Å². The number of allylic oxidation sites excluding steroid dienone is 1. The van der Waals surface area contributed by atoms with Crippen LogP contribution in [0.4, 0.5) is 17.6 Å². The topological polar surface area (TPSA) is 36.1 Å². The van der Waals surface area contributed by atoms with Gasteiger partial charge in [-0.1, -0.05) is 6.08 Å². The van der Waals surface area contributed by atoms with E-state index >= 15 is 8.78 Å². The minimum Gasteiger partial charge on any atom is -0.356 e. The molecule has 1 aliphatic heterocycles. The molecule has 3 aromatic rings. The normalized spacial score (nSPS) is 19.4. The fourth-order valence-electron chi connectivity index (χ4n) is 4.70. The van der Waals surface area contributed by atoms with Gasteiger partial charge in [0, 0.05) is 34.7 Å². The van der Waals surface area contributed by atoms with Gasteiger partial charge in [-0.3, -0.25) is 9.69 Å². The van der Waals surface area contributed by atoms with Crippen molar-refractivity contribution in [2.75, 3.05) is 6.54 Å². The highest BCUT2D eigenvalue weighted by molar-refractivity contribution is 5.91. The van der Waals surface area contributed by atoms with E-state index in [2.05, 4.69) is 4.98 Å². The van der Waals surface area contributed by atoms with E-state index in [-0.39, 0.29) is 29.5 Å². The number of carbonyl (C=O) groups excluding carboxylic acids is 1. The van der Waals surface area contributed by atoms with Crippen LogP contribution in [0.1, 0.15) is 56.1 Å². The Morgan fingerprint density at radius 2 is 1.85 bits per heavy atom. The zero-order valence-electron chi connectivity index (χ0n) is 19.0. The van der Waals surface area contributed by atoms with Gasteiger partial charge in [0.1, 0.15) is 23.1 Å². The summed E-state index contributed by atoms with van der Waals surface area (Å²) in [7, 11) is 0. The van der Waals surface area contributed by atoms with Crippen molar-refractivity contribution in [2.45, 2.75) is 51.9 Å². The molecule has 1 aliphatic rings. The van der Waals surface area contributed by atoms with Crippen LogP contribution in [0.2, 0.25) is 0 Å². The van der Waals surface area contributed by atoms with Crippen LogP contribution in [0.15, 0.2) is 36.4 Å². The first-order valence-electron chi connectivity index (χ1n) is 10.9. The Bertz CT molecular complexity index is 1230. The number of fused-ring (bicyclic) bond motifs is 3. The first-order chi connectivity index (χ1) is 15.4. The Balaban J connectivity index is 1.93. The Kier molecular flexibility index (Phi) is 5.95. The Morgan fingerprint density at radius 3 is 2.45 bits per heavy atom. The lowest BCUT2D eigenvalue weighted by Gasteiger charge is -2.43. The average molecular weight is 458 g/mol. The van der Waals surface area contributed by atoms with E-state index in [0.717, 1.165) is 23.1 Å². The summed E-state index contributed by atoms with van der Waals surface area (Å²) in [6.45, 7) is 6.04. The van der Waals surface area contributed by atoms with E-state index in [4.69, 9.17) is 0 Å². The largest absolute Gasteiger partial charge is 0.356 e. The minimum absolute atomic E-state index is 0.0487. The summed E-state index contributed by atoms with van der Waals surface area (Å²) in [6.07, 6.45) is 3.11. The summed E-state index contributed by atoms with van der Waals surface area (Å²) >= 11 is 0. The van der Waals surface area contributed by atoms with Crippen LogP contribution in [0.5, 0.6) is 0 Å². The first-order valence-corrected chi connectivity index (χ1v) is 10.9. The van der Waals surface area contributed by atoms with Crippen LogP contribution < -0.4 is 0 Å². The summed E-state index contributed by atoms with van der Waals surface area (Å²) in [5, 5.41) is 0.782. The molecule has 2 unspecified atom stereocenters. The number of aromatic nitrogens is 1. The highest BCUT2D eigenvalue weighted by Crippen LogP contribution is 2.43. The van der Waals surface area contributed by atoms with E-state index < -0.39 is 29.2 Å². The molecule has 7 heteroatoms. The average Bonchev–Trinajstić information content (AvgIpc) is 3.04. The molecule has 0 saturated carbocycles. The van der Waals surface area contributed by atoms with E-state index in [1.54, 1.807) is 11.0 Å². The molecule has 174 valence electrons. The van der Waals surface area contributed by atoms with Gasteiger partial charge in [0.2, 0.25) is 0 Å². The number of nitrogens with zero attached hydrogens (tertiary/aromatic N) is 1. The molecule has 0 aliphatic carbocycles. The van der Waals surface area contributed by atoms with Gasteiger partial charge in [-0.25, -0.2) is 17.6 Å². The Hall–Kier alpha value is -2.93. The summed E-state index contributed by atoms with van der Waals surface area (Å²) in [4.78, 5) is 16.1. The van der Waals surface area contributed by atoms with E-state index in [9.17, 15) is 13.6 Å². The second-order valence-electron chi connectivity index (χ2n) is 9.40. The summed E-state index contributed by atoms with van der Waals surface area (Å²) in [5.74, 6) is -2.26. The van der Waals surface area contributed by atoms with Crippen LogP contribution in [0.25, 0.3) is 17.0 Å². The van der Waals surface area contributed by atoms with Crippen LogP contribution in [-0.2, 0) is 11.2 Å². The van der Waals surface area contributed by atoms with Crippen molar-refractivity contribution in [3.05, 3.63) is 76.2 Å². The van der Waals surface area contributed by atoms with Gasteiger partial charge in [-0.15, -0.1) is 0 Å². The third-order valence-corrected chi connectivity index (χ3v) is 6.02. The molecule has 33 heavy (non-hydrogen) atoms. The molecule has 0 radical (unpaired) electrons. The SMILES string of the molecule is CC(=O)/C=C/c1cc(F)c(C2c3[nH]c4cc(F)ccc4c3CC(C)N2CC(C)(C)F)c(F)c1. The monoisotopic (exact) mass is 458 g/mol. The number of benzene rings is 2. The molecule has 0 fully saturated rings. The number of carbonyl (C=O) groups is 1. The van der Waals surface area contributed by atoms with Crippen LogP contribution >= 0.6 is 0 Å². The number of halogens is 4. The lowest BCUT2D eigenvalue weighted by molar-refractivity contribution is -0.112. The molecular weight excluding hydrogens is 432 g/mol. The first kappa shape index (κ1) is 23.2. The molecule has 0 saturated heterocycles. The number of hydrogen-bond acceptors (Lipinski definition) is 2. The van der Waals surface area contributed by atoms with Gasteiger partial charge in [0.25, 0.3) is 0 Å². The molecular formula is C26H26F4N2O. The molecule has 0 amide bonds. The van der Waals surface area contributed by atoms with E-state index in [1.807, 2.05) is 6.92 Å². The number of nitrogens with one attached hydrogen (secondary N) is 1. The molecule has 2 aromatic carbocycles. The highest BCUT2D eigenvalue weighted by Gasteiger charge is 2.40. The summed E-state index contributed by atoms with van der Waals surface area (Å²) < 4.78 is 59.5. The second kappa shape index (κ2) is 8.45. The summed E-state index contributed by atoms with van der Waals surface area (Å²) in [6, 6.07) is 5.53. The number of aromatic amines is 1. The van der Waals surface area contributed by atoms with Gasteiger partial charge in [-0.2, -0.15) is 0 Å². The molecule has 0 spiro atoms. The van der Waals surface area contributed by atoms with Crippen LogP contribution in [0, 0.1) is 17.5 Å². The fourth-order valence-corrected chi connectivity index (χ4v) is 4.70. The standard InChI is InChI=1S/C26H26F4N2O/c1-14-9-19-18-8-7-17(27)12-22(18)31-24(19)25(32(14)13-26(3,4)30)23-20(28)10-16(11-21(23)29)6-5-15(2)33/h5-8,10-12,14,25,31H,9,13H2,1-4H3/b6-5+. The number of hydrogen-bond donors (Lipinski definition) is 1. The third-order valence-electron chi connectivity index (χ3n) is 6.02. The molecule has 1 N–H and O–H groups in total. The lowest BCUT2D eigenvalue weighted by Crippen LogP contribution is -2.48. The fraction of sp³-hybridized carbons (Fsp3) is 0.346. The molecule has 0 bridgehead atoms. The van der Waals surface area contributed by atoms with Crippen molar-refractivity contribution in [1.82, 2.24) is 9.88 Å². The summed E-state index contributed by atoms with van der Waals surface area (Å²) in [5.41, 5.74) is 0.292. The zero-order chi connectivity index (χ0) is 24.1. The maximum atomic E-state index is 15.4. The van der Waals surface area contributed by atoms with Crippen LogP contribution in [0.3, 0.4) is 0 Å². The minimum atomic E-state index is -1.61. The number of H-pyrrole nitrogens is 1. The van der Waals surface area contributed by atoms with Gasteiger partial charge < -0.3 is 4.98 Å².